The summed E-state index contributed by atoms with van der Waals surface area (Å²) in [6.07, 6.45) is -7.60. The Morgan fingerprint density at radius 1 is 0.642 bits per heavy atom. The molecule has 0 N–H and O–H groups in total. The number of hydrogen-bond donors (Lipinski definition) is 0. The molecule has 53 heavy (non-hydrogen) atoms. The van der Waals surface area contributed by atoms with Crippen LogP contribution in [0.1, 0.15) is 41.5 Å². The van der Waals surface area contributed by atoms with Crippen molar-refractivity contribution in [2.45, 2.75) is 72.2 Å². The molecule has 1 aromatic heterocycles. The van der Waals surface area contributed by atoms with E-state index in [9.17, 15) is 33.6 Å². The van der Waals surface area contributed by atoms with Crippen LogP contribution in [0.15, 0.2) is 39.5 Å². The molecule has 4 rings (SSSR count). The summed E-state index contributed by atoms with van der Waals surface area (Å²) in [5.41, 5.74) is -0.583. The van der Waals surface area contributed by atoms with Gasteiger partial charge in [0.2, 0.25) is 18.1 Å². The number of fused-ring (bicyclic) bond motifs is 1. The number of ether oxygens (including phenoxy) is 10. The normalized spacial score (nSPS) is 19.3. The quantitative estimate of drug-likeness (QED) is 0.148. The summed E-state index contributed by atoms with van der Waals surface area (Å²) in [7, 11) is 2.65. The first-order valence-corrected chi connectivity index (χ1v) is 15.7. The minimum Gasteiger partial charge on any atom is -0.493 e. The van der Waals surface area contributed by atoms with Crippen LogP contribution in [-0.4, -0.2) is 87.3 Å². The number of esters is 6. The zero-order valence-corrected chi connectivity index (χ0v) is 29.8. The Bertz CT molecular complexity index is 1950. The van der Waals surface area contributed by atoms with Crippen molar-refractivity contribution in [2.75, 3.05) is 20.8 Å². The Balaban J connectivity index is 1.89. The molecule has 1 fully saturated rings. The average molecular weight is 745 g/mol. The third-order valence-electron chi connectivity index (χ3n) is 7.21. The molecule has 284 valence electrons. The van der Waals surface area contributed by atoms with E-state index >= 15 is 0 Å². The second kappa shape index (κ2) is 16.9. The van der Waals surface area contributed by atoms with Gasteiger partial charge in [0.1, 0.15) is 40.9 Å². The van der Waals surface area contributed by atoms with Gasteiger partial charge in [-0.2, -0.15) is 0 Å². The summed E-state index contributed by atoms with van der Waals surface area (Å²) in [4.78, 5) is 85.8. The zero-order valence-electron chi connectivity index (χ0n) is 29.8. The molecular formula is C35H36O18. The van der Waals surface area contributed by atoms with E-state index in [4.69, 9.17) is 51.8 Å². The molecule has 2 heterocycles. The third-order valence-corrected chi connectivity index (χ3v) is 7.21. The summed E-state index contributed by atoms with van der Waals surface area (Å²) < 4.78 is 60.9. The van der Waals surface area contributed by atoms with Crippen LogP contribution in [0.2, 0.25) is 0 Å². The highest BCUT2D eigenvalue weighted by Crippen LogP contribution is 2.42. The number of rotatable bonds is 12. The van der Waals surface area contributed by atoms with E-state index in [1.54, 1.807) is 0 Å². The van der Waals surface area contributed by atoms with Crippen LogP contribution in [0.4, 0.5) is 0 Å². The van der Waals surface area contributed by atoms with Crippen molar-refractivity contribution >= 4 is 46.8 Å². The molecule has 5 atom stereocenters. The average Bonchev–Trinajstić information content (AvgIpc) is 3.05. The highest BCUT2D eigenvalue weighted by Gasteiger charge is 2.53. The Morgan fingerprint density at radius 2 is 1.21 bits per heavy atom. The van der Waals surface area contributed by atoms with Crippen molar-refractivity contribution in [3.05, 3.63) is 40.6 Å². The fraction of sp³-hybridized carbons (Fsp3) is 0.400. The van der Waals surface area contributed by atoms with E-state index < -0.39 is 78.6 Å². The van der Waals surface area contributed by atoms with E-state index in [2.05, 4.69) is 0 Å². The minimum absolute atomic E-state index is 0.0213. The van der Waals surface area contributed by atoms with E-state index in [1.165, 1.54) is 39.3 Å². The van der Waals surface area contributed by atoms with Crippen LogP contribution in [0.25, 0.3) is 22.3 Å². The lowest BCUT2D eigenvalue weighted by Crippen LogP contribution is -2.63. The van der Waals surface area contributed by atoms with Gasteiger partial charge in [-0.15, -0.1) is 0 Å². The molecule has 0 radical (unpaired) electrons. The highest BCUT2D eigenvalue weighted by molar-refractivity contribution is 5.89. The monoisotopic (exact) mass is 744 g/mol. The van der Waals surface area contributed by atoms with Crippen LogP contribution in [0.5, 0.6) is 28.7 Å². The molecule has 2 aromatic carbocycles. The molecule has 1 saturated heterocycles. The van der Waals surface area contributed by atoms with E-state index in [-0.39, 0.29) is 51.0 Å². The van der Waals surface area contributed by atoms with Gasteiger partial charge < -0.3 is 51.8 Å². The van der Waals surface area contributed by atoms with Crippen molar-refractivity contribution in [3.63, 3.8) is 0 Å². The molecule has 0 saturated carbocycles. The molecule has 18 nitrogen and oxygen atoms in total. The minimum atomic E-state index is -1.67. The topological polar surface area (TPSA) is 225 Å². The van der Waals surface area contributed by atoms with Crippen molar-refractivity contribution in [1.29, 1.82) is 0 Å². The van der Waals surface area contributed by atoms with Crippen molar-refractivity contribution in [1.82, 2.24) is 0 Å². The smallest absolute Gasteiger partial charge is 0.308 e. The molecular weight excluding hydrogens is 708 g/mol. The van der Waals surface area contributed by atoms with Gasteiger partial charge in [0, 0.05) is 65.3 Å². The van der Waals surface area contributed by atoms with Crippen molar-refractivity contribution in [2.24, 2.45) is 0 Å². The Labute approximate surface area is 301 Å². The third kappa shape index (κ3) is 9.79. The summed E-state index contributed by atoms with van der Waals surface area (Å²) >= 11 is 0. The first kappa shape index (κ1) is 39.6. The second-order valence-corrected chi connectivity index (χ2v) is 11.4. The van der Waals surface area contributed by atoms with Gasteiger partial charge in [-0.3, -0.25) is 33.6 Å². The van der Waals surface area contributed by atoms with E-state index in [0.717, 1.165) is 46.8 Å². The Morgan fingerprint density at radius 3 is 1.74 bits per heavy atom. The second-order valence-electron chi connectivity index (χ2n) is 11.4. The van der Waals surface area contributed by atoms with E-state index in [1.807, 2.05) is 0 Å². The van der Waals surface area contributed by atoms with Crippen LogP contribution < -0.4 is 29.1 Å². The highest BCUT2D eigenvalue weighted by atomic mass is 16.7. The molecule has 1 aliphatic rings. The number of carbonyl (C=O) groups is 6. The predicted octanol–water partition coefficient (Wildman–Crippen LogP) is 2.79. The molecule has 0 unspecified atom stereocenters. The fourth-order valence-electron chi connectivity index (χ4n) is 5.36. The Hall–Kier alpha value is -6.17. The maximum Gasteiger partial charge on any atom is 0.308 e. The summed E-state index contributed by atoms with van der Waals surface area (Å²) in [5.74, 6) is -5.13. The lowest BCUT2D eigenvalue weighted by atomic mass is 9.98. The van der Waals surface area contributed by atoms with Crippen LogP contribution >= 0.6 is 0 Å². The predicted molar refractivity (Wildman–Crippen MR) is 176 cm³/mol. The summed E-state index contributed by atoms with van der Waals surface area (Å²) in [6, 6.07) is 6.37. The van der Waals surface area contributed by atoms with Gasteiger partial charge in [0.25, 0.3) is 0 Å². The van der Waals surface area contributed by atoms with Gasteiger partial charge in [-0.25, -0.2) is 0 Å². The molecule has 0 spiro atoms. The van der Waals surface area contributed by atoms with Crippen molar-refractivity contribution < 1.29 is 80.6 Å². The number of carbonyl (C=O) groups excluding carboxylic acids is 6. The largest absolute Gasteiger partial charge is 0.493 e. The van der Waals surface area contributed by atoms with Crippen molar-refractivity contribution in [3.8, 4) is 40.1 Å². The van der Waals surface area contributed by atoms with Crippen LogP contribution in [0.3, 0.4) is 0 Å². The van der Waals surface area contributed by atoms with Gasteiger partial charge in [-0.1, -0.05) is 0 Å². The molecule has 1 aliphatic heterocycles. The zero-order chi connectivity index (χ0) is 39.1. The lowest BCUT2D eigenvalue weighted by Gasteiger charge is -2.43. The number of benzene rings is 2. The summed E-state index contributed by atoms with van der Waals surface area (Å²) in [5, 5.41) is -0.173. The first-order valence-electron chi connectivity index (χ1n) is 15.7. The van der Waals surface area contributed by atoms with Gasteiger partial charge in [0.15, 0.2) is 29.1 Å². The van der Waals surface area contributed by atoms with Gasteiger partial charge in [0.05, 0.1) is 14.2 Å². The molecule has 3 aromatic rings. The van der Waals surface area contributed by atoms with Crippen LogP contribution in [-0.2, 0) is 52.5 Å². The molecule has 0 bridgehead atoms. The van der Waals surface area contributed by atoms with Gasteiger partial charge in [-0.05, 0) is 12.1 Å². The molecule has 18 heteroatoms. The maximum absolute atomic E-state index is 13.6. The van der Waals surface area contributed by atoms with Crippen LogP contribution in [0, 0.1) is 0 Å². The fourth-order valence-corrected chi connectivity index (χ4v) is 5.36. The number of hydrogen-bond acceptors (Lipinski definition) is 18. The molecule has 0 amide bonds. The number of methoxy groups -OCH3 is 2. The maximum atomic E-state index is 13.6. The molecule has 0 aliphatic carbocycles. The summed E-state index contributed by atoms with van der Waals surface area (Å²) in [6.45, 7) is 6.08. The standard InChI is InChI=1S/C35H36O18/c1-15(36)45-14-29-32(48-18(4)39)33(49-19(5)40)34(50-20(6)41)35(53-29)51-22-11-25(46-16(2)37)30-23(42)13-24(52-26(30)12-22)21-9-27(43-7)31(47-17(3)38)28(10-21)44-8/h9-13,29,32-35H,14H2,1-8H3/t29-,32-,33+,34-,35-/m1/s1. The SMILES string of the molecule is COc1cc(-c2cc(=O)c3c(OC(C)=O)cc(O[C@@H]4O[C@H](COC(C)=O)[C@@H](OC(C)=O)[C@H](OC(C)=O)[C@H]4OC(C)=O)cc3o2)cc(OC)c1OC(C)=O. The first-order chi connectivity index (χ1) is 25.0. The lowest BCUT2D eigenvalue weighted by molar-refractivity contribution is -0.288. The van der Waals surface area contributed by atoms with E-state index in [0.29, 0.717) is 0 Å². The Kier molecular flexibility index (Phi) is 12.6. The van der Waals surface area contributed by atoms with Gasteiger partial charge >= 0.3 is 35.8 Å².